The molecule has 0 aliphatic heterocycles. The van der Waals surface area contributed by atoms with E-state index in [1.165, 1.54) is 0 Å². The van der Waals surface area contributed by atoms with Gasteiger partial charge < -0.3 is 10.1 Å². The van der Waals surface area contributed by atoms with E-state index in [2.05, 4.69) is 5.32 Å². The SMILES string of the molecule is Cc1ccc(OCC(=O)[C@@H](C#N)C(=O)Nc2ccccc2Cl)cc1. The van der Waals surface area contributed by atoms with Crippen molar-refractivity contribution in [3.63, 3.8) is 0 Å². The van der Waals surface area contributed by atoms with Crippen LogP contribution in [0, 0.1) is 24.2 Å². The van der Waals surface area contributed by atoms with Gasteiger partial charge in [0, 0.05) is 0 Å². The largest absolute Gasteiger partial charge is 0.486 e. The molecule has 0 aliphatic carbocycles. The molecule has 24 heavy (non-hydrogen) atoms. The van der Waals surface area contributed by atoms with Crippen LogP contribution in [0.4, 0.5) is 5.69 Å². The van der Waals surface area contributed by atoms with E-state index in [0.717, 1.165) is 5.56 Å². The average Bonchev–Trinajstić information content (AvgIpc) is 2.57. The maximum absolute atomic E-state index is 12.1. The highest BCUT2D eigenvalue weighted by Gasteiger charge is 2.27. The third kappa shape index (κ3) is 4.58. The highest BCUT2D eigenvalue weighted by atomic mass is 35.5. The number of Topliss-reactive ketones (excluding diaryl/α,β-unsaturated/α-hetero) is 1. The van der Waals surface area contributed by atoms with E-state index in [4.69, 9.17) is 21.6 Å². The number of hydrogen-bond donors (Lipinski definition) is 1. The maximum Gasteiger partial charge on any atom is 0.249 e. The van der Waals surface area contributed by atoms with Crippen molar-refractivity contribution < 1.29 is 14.3 Å². The Morgan fingerprint density at radius 2 is 1.88 bits per heavy atom. The van der Waals surface area contributed by atoms with E-state index in [9.17, 15) is 9.59 Å². The first-order valence-corrected chi connectivity index (χ1v) is 7.56. The Bertz CT molecular complexity index is 782. The van der Waals surface area contributed by atoms with Crippen LogP contribution in [0.1, 0.15) is 5.56 Å². The summed E-state index contributed by atoms with van der Waals surface area (Å²) in [6.45, 7) is 1.57. The second-order valence-corrected chi connectivity index (χ2v) is 5.51. The van der Waals surface area contributed by atoms with Crippen LogP contribution in [0.5, 0.6) is 5.75 Å². The highest BCUT2D eigenvalue weighted by molar-refractivity contribution is 6.33. The van der Waals surface area contributed by atoms with Crippen molar-refractivity contribution in [1.82, 2.24) is 0 Å². The van der Waals surface area contributed by atoms with Crippen molar-refractivity contribution in [1.29, 1.82) is 5.26 Å². The summed E-state index contributed by atoms with van der Waals surface area (Å²) < 4.78 is 5.32. The molecule has 2 rings (SSSR count). The number of nitrogens with zero attached hydrogens (tertiary/aromatic N) is 1. The molecule has 5 nitrogen and oxygen atoms in total. The maximum atomic E-state index is 12.1. The van der Waals surface area contributed by atoms with Gasteiger partial charge in [-0.1, -0.05) is 41.4 Å². The van der Waals surface area contributed by atoms with E-state index in [0.29, 0.717) is 16.5 Å². The first-order valence-electron chi connectivity index (χ1n) is 7.18. The zero-order valence-corrected chi connectivity index (χ0v) is 13.7. The quantitative estimate of drug-likeness (QED) is 0.816. The van der Waals surface area contributed by atoms with E-state index < -0.39 is 17.6 Å². The molecule has 2 aromatic rings. The van der Waals surface area contributed by atoms with Crippen molar-refractivity contribution in [3.05, 3.63) is 59.1 Å². The van der Waals surface area contributed by atoms with Gasteiger partial charge in [0.05, 0.1) is 16.8 Å². The van der Waals surface area contributed by atoms with Gasteiger partial charge in [-0.3, -0.25) is 9.59 Å². The molecule has 6 heteroatoms. The number of para-hydroxylation sites is 1. The number of amides is 1. The summed E-state index contributed by atoms with van der Waals surface area (Å²) in [4.78, 5) is 24.2. The van der Waals surface area contributed by atoms with Gasteiger partial charge in [-0.2, -0.15) is 5.26 Å². The number of benzene rings is 2. The normalized spacial score (nSPS) is 11.2. The van der Waals surface area contributed by atoms with Crippen LogP contribution in [0.3, 0.4) is 0 Å². The summed E-state index contributed by atoms with van der Waals surface area (Å²) in [5.74, 6) is -2.32. The van der Waals surface area contributed by atoms with Gasteiger partial charge in [-0.15, -0.1) is 0 Å². The second kappa shape index (κ2) is 8.14. The number of nitriles is 1. The number of carbonyl (C=O) groups is 2. The third-order valence-corrected chi connectivity index (χ3v) is 3.58. The fourth-order valence-electron chi connectivity index (χ4n) is 1.92. The lowest BCUT2D eigenvalue weighted by Crippen LogP contribution is -2.32. The Morgan fingerprint density at radius 3 is 2.50 bits per heavy atom. The minimum Gasteiger partial charge on any atom is -0.486 e. The second-order valence-electron chi connectivity index (χ2n) is 5.10. The summed E-state index contributed by atoms with van der Waals surface area (Å²) in [6.07, 6.45) is 0. The molecule has 0 saturated carbocycles. The Morgan fingerprint density at radius 1 is 1.21 bits per heavy atom. The van der Waals surface area contributed by atoms with Crippen LogP contribution in [0.2, 0.25) is 5.02 Å². The lowest BCUT2D eigenvalue weighted by molar-refractivity contribution is -0.130. The predicted octanol–water partition coefficient (Wildman–Crippen LogP) is 3.37. The molecule has 0 heterocycles. The summed E-state index contributed by atoms with van der Waals surface area (Å²) in [5, 5.41) is 11.9. The number of nitrogens with one attached hydrogen (secondary N) is 1. The zero-order chi connectivity index (χ0) is 17.5. The van der Waals surface area contributed by atoms with E-state index in [1.54, 1.807) is 42.5 Å². The fourth-order valence-corrected chi connectivity index (χ4v) is 2.10. The summed E-state index contributed by atoms with van der Waals surface area (Å²) in [7, 11) is 0. The van der Waals surface area contributed by atoms with Gasteiger partial charge in [0.25, 0.3) is 0 Å². The molecule has 1 amide bonds. The molecular formula is C18H15ClN2O3. The van der Waals surface area contributed by atoms with Crippen LogP contribution in [0.25, 0.3) is 0 Å². The first-order chi connectivity index (χ1) is 11.5. The molecule has 0 radical (unpaired) electrons. The Labute approximate surface area is 144 Å². The van der Waals surface area contributed by atoms with Crippen molar-refractivity contribution in [2.75, 3.05) is 11.9 Å². The smallest absolute Gasteiger partial charge is 0.249 e. The van der Waals surface area contributed by atoms with Gasteiger partial charge in [-0.05, 0) is 31.2 Å². The molecular weight excluding hydrogens is 328 g/mol. The van der Waals surface area contributed by atoms with Crippen LogP contribution in [-0.4, -0.2) is 18.3 Å². The van der Waals surface area contributed by atoms with Gasteiger partial charge in [0.15, 0.2) is 11.7 Å². The number of aryl methyl sites for hydroxylation is 1. The lowest BCUT2D eigenvalue weighted by Gasteiger charge is -2.11. The molecule has 0 unspecified atom stereocenters. The molecule has 2 aromatic carbocycles. The fraction of sp³-hybridized carbons (Fsp3) is 0.167. The van der Waals surface area contributed by atoms with Crippen molar-refractivity contribution >= 4 is 29.0 Å². The van der Waals surface area contributed by atoms with Gasteiger partial charge in [-0.25, -0.2) is 0 Å². The van der Waals surface area contributed by atoms with Crippen LogP contribution < -0.4 is 10.1 Å². The number of anilines is 1. The van der Waals surface area contributed by atoms with Gasteiger partial charge in [0.2, 0.25) is 5.91 Å². The topological polar surface area (TPSA) is 79.2 Å². The third-order valence-electron chi connectivity index (χ3n) is 3.25. The minimum atomic E-state index is -1.47. The predicted molar refractivity (Wildman–Crippen MR) is 90.9 cm³/mol. The number of carbonyl (C=O) groups excluding carboxylic acids is 2. The molecule has 122 valence electrons. The van der Waals surface area contributed by atoms with Gasteiger partial charge in [0.1, 0.15) is 12.4 Å². The molecule has 0 spiro atoms. The Hall–Kier alpha value is -2.84. The number of hydrogen-bond acceptors (Lipinski definition) is 4. The number of halogens is 1. The summed E-state index contributed by atoms with van der Waals surface area (Å²) in [5.41, 5.74) is 1.40. The van der Waals surface area contributed by atoms with Crippen LogP contribution in [0.15, 0.2) is 48.5 Å². The number of ether oxygens (including phenoxy) is 1. The monoisotopic (exact) mass is 342 g/mol. The Kier molecular flexibility index (Phi) is 5.94. The van der Waals surface area contributed by atoms with E-state index in [1.807, 2.05) is 19.1 Å². The highest BCUT2D eigenvalue weighted by Crippen LogP contribution is 2.21. The average molecular weight is 343 g/mol. The molecule has 0 aliphatic rings. The van der Waals surface area contributed by atoms with E-state index in [-0.39, 0.29) is 6.61 Å². The lowest BCUT2D eigenvalue weighted by atomic mass is 10.1. The van der Waals surface area contributed by atoms with Crippen molar-refractivity contribution in [3.8, 4) is 11.8 Å². The molecule has 0 aromatic heterocycles. The first kappa shape index (κ1) is 17.5. The molecule has 0 saturated heterocycles. The number of ketones is 1. The van der Waals surface area contributed by atoms with E-state index >= 15 is 0 Å². The van der Waals surface area contributed by atoms with Gasteiger partial charge >= 0.3 is 0 Å². The molecule has 1 N–H and O–H groups in total. The standard InChI is InChI=1S/C18H15ClN2O3/c1-12-6-8-13(9-7-12)24-11-17(22)14(10-20)18(23)21-16-5-3-2-4-15(16)19/h2-9,14H,11H2,1H3,(H,21,23)/t14-/m1/s1. The minimum absolute atomic E-state index is 0.325. The molecule has 1 atom stereocenters. The molecule has 0 fully saturated rings. The summed E-state index contributed by atoms with van der Waals surface area (Å²) in [6, 6.07) is 15.4. The Balaban J connectivity index is 1.98. The molecule has 0 bridgehead atoms. The van der Waals surface area contributed by atoms with Crippen LogP contribution >= 0.6 is 11.6 Å². The summed E-state index contributed by atoms with van der Waals surface area (Å²) >= 11 is 5.94. The number of rotatable bonds is 6. The van der Waals surface area contributed by atoms with Crippen molar-refractivity contribution in [2.24, 2.45) is 5.92 Å². The zero-order valence-electron chi connectivity index (χ0n) is 13.0. The van der Waals surface area contributed by atoms with Crippen LogP contribution in [-0.2, 0) is 9.59 Å². The van der Waals surface area contributed by atoms with Crippen molar-refractivity contribution in [2.45, 2.75) is 6.92 Å².